The summed E-state index contributed by atoms with van der Waals surface area (Å²) in [7, 11) is 0. The molecule has 2 nitrogen and oxygen atoms in total. The molecule has 0 aliphatic carbocycles. The van der Waals surface area contributed by atoms with E-state index in [1.54, 1.807) is 6.20 Å². The number of nitrogens with two attached hydrogens (primary N) is 1. The van der Waals surface area contributed by atoms with E-state index in [1.165, 1.54) is 54.6 Å². The summed E-state index contributed by atoms with van der Waals surface area (Å²) in [6.07, 6.45) is 16.6. The lowest BCUT2D eigenvalue weighted by Gasteiger charge is -2.20. The summed E-state index contributed by atoms with van der Waals surface area (Å²) in [5.41, 5.74) is 15.0. The summed E-state index contributed by atoms with van der Waals surface area (Å²) in [4.78, 5) is 4.45. The van der Waals surface area contributed by atoms with Crippen molar-refractivity contribution in [1.82, 2.24) is 4.98 Å². The van der Waals surface area contributed by atoms with Crippen molar-refractivity contribution in [2.24, 2.45) is 5.73 Å². The Morgan fingerprint density at radius 1 is 0.733 bits per heavy atom. The zero-order valence-electron chi connectivity index (χ0n) is 26.0. The molecule has 0 aliphatic rings. The first-order chi connectivity index (χ1) is 22.2. The molecule has 220 valence electrons. The average molecular weight is 583 g/mol. The predicted molar refractivity (Wildman–Crippen MR) is 197 cm³/mol. The largest absolute Gasteiger partial charge is 0.397 e. The van der Waals surface area contributed by atoms with Crippen LogP contribution in [0.5, 0.6) is 0 Å². The van der Waals surface area contributed by atoms with E-state index in [1.807, 2.05) is 30.4 Å². The minimum Gasteiger partial charge on any atom is -0.397 e. The Labute approximate surface area is 266 Å². The second-order valence-electron chi connectivity index (χ2n) is 11.2. The molecule has 6 aromatic rings. The van der Waals surface area contributed by atoms with Gasteiger partial charge in [0.1, 0.15) is 0 Å². The number of allylic oxidation sites excluding steroid dienone is 8. The summed E-state index contributed by atoms with van der Waals surface area (Å²) in [6.45, 7) is 8.32. The summed E-state index contributed by atoms with van der Waals surface area (Å²) in [6, 6.07) is 36.6. The normalized spacial score (nSPS) is 12.9. The summed E-state index contributed by atoms with van der Waals surface area (Å²) < 4.78 is 0. The minimum atomic E-state index is 0.640. The first-order valence-corrected chi connectivity index (χ1v) is 15.7. The number of benzene rings is 5. The highest BCUT2D eigenvalue weighted by atomic mass is 14.7. The fraction of sp³-hybridized carbons (Fsp3) is 0.0930. The number of hydrogen-bond acceptors (Lipinski definition) is 2. The second kappa shape index (κ2) is 13.4. The zero-order chi connectivity index (χ0) is 31.2. The van der Waals surface area contributed by atoms with E-state index in [4.69, 9.17) is 5.73 Å². The van der Waals surface area contributed by atoms with Gasteiger partial charge in [-0.05, 0) is 97.3 Å². The van der Waals surface area contributed by atoms with Gasteiger partial charge in [-0.3, -0.25) is 4.98 Å². The van der Waals surface area contributed by atoms with Gasteiger partial charge in [0.25, 0.3) is 0 Å². The lowest BCUT2D eigenvalue weighted by atomic mass is 9.83. The van der Waals surface area contributed by atoms with E-state index in [0.717, 1.165) is 29.7 Å². The average Bonchev–Trinajstić information content (AvgIpc) is 3.09. The Morgan fingerprint density at radius 2 is 1.38 bits per heavy atom. The van der Waals surface area contributed by atoms with Gasteiger partial charge in [-0.1, -0.05) is 141 Å². The van der Waals surface area contributed by atoms with Gasteiger partial charge in [0.2, 0.25) is 0 Å². The SMILES string of the molecule is C=C/C=C(\C=C/CCC)c1c2ccccc2c(-c2cccc3c(C(/C=C(\N)c4ccccn4)=C/C)cccc23)c2ccccc12. The van der Waals surface area contributed by atoms with Crippen molar-refractivity contribution in [2.45, 2.75) is 26.7 Å². The maximum absolute atomic E-state index is 6.54. The highest BCUT2D eigenvalue weighted by Crippen LogP contribution is 2.44. The molecular formula is C43H38N2. The van der Waals surface area contributed by atoms with Crippen molar-refractivity contribution in [3.63, 3.8) is 0 Å². The van der Waals surface area contributed by atoms with Crippen molar-refractivity contribution in [2.75, 3.05) is 0 Å². The van der Waals surface area contributed by atoms with Crippen LogP contribution < -0.4 is 5.73 Å². The molecular weight excluding hydrogens is 544 g/mol. The minimum absolute atomic E-state index is 0.640. The molecule has 1 aromatic heterocycles. The Kier molecular flexibility index (Phi) is 8.84. The molecule has 0 spiro atoms. The number of aromatic nitrogens is 1. The van der Waals surface area contributed by atoms with Crippen molar-refractivity contribution in [3.8, 4) is 11.1 Å². The standard InChI is InChI=1S/C43H38N2/c1-4-7-8-18-31(17-5-2)42-36-19-9-11-21-38(36)43(39-22-12-10-20-37(39)42)35-26-16-24-33-32(23-15-25-34(33)35)30(6-3)29-40(44)41-27-13-14-28-45-41/h5-6,8-29H,2,4,7,44H2,1,3H3/b18-8-,30-6+,31-17+,40-29-. The van der Waals surface area contributed by atoms with Crippen LogP contribution in [0.25, 0.3) is 60.3 Å². The van der Waals surface area contributed by atoms with E-state index >= 15 is 0 Å². The third-order valence-electron chi connectivity index (χ3n) is 8.36. The van der Waals surface area contributed by atoms with Crippen LogP contribution in [0.2, 0.25) is 0 Å². The highest BCUT2D eigenvalue weighted by molar-refractivity contribution is 6.22. The summed E-state index contributed by atoms with van der Waals surface area (Å²) >= 11 is 0. The van der Waals surface area contributed by atoms with E-state index in [-0.39, 0.29) is 0 Å². The number of fused-ring (bicyclic) bond motifs is 3. The van der Waals surface area contributed by atoms with Crippen LogP contribution >= 0.6 is 0 Å². The summed E-state index contributed by atoms with van der Waals surface area (Å²) in [5.74, 6) is 0. The number of hydrogen-bond donors (Lipinski definition) is 1. The van der Waals surface area contributed by atoms with Gasteiger partial charge < -0.3 is 5.73 Å². The number of rotatable bonds is 9. The fourth-order valence-electron chi connectivity index (χ4n) is 6.33. The van der Waals surface area contributed by atoms with Crippen LogP contribution in [0.3, 0.4) is 0 Å². The van der Waals surface area contributed by atoms with Gasteiger partial charge in [-0.25, -0.2) is 0 Å². The van der Waals surface area contributed by atoms with Gasteiger partial charge in [0.15, 0.2) is 0 Å². The van der Waals surface area contributed by atoms with E-state index in [9.17, 15) is 0 Å². The van der Waals surface area contributed by atoms with Crippen molar-refractivity contribution < 1.29 is 0 Å². The lowest BCUT2D eigenvalue weighted by molar-refractivity contribution is 0.959. The molecule has 0 saturated heterocycles. The van der Waals surface area contributed by atoms with E-state index in [0.29, 0.717) is 5.70 Å². The van der Waals surface area contributed by atoms with E-state index in [2.05, 4.69) is 135 Å². The van der Waals surface area contributed by atoms with Gasteiger partial charge in [0, 0.05) is 6.20 Å². The van der Waals surface area contributed by atoms with Gasteiger partial charge in [-0.2, -0.15) is 0 Å². The van der Waals surface area contributed by atoms with Crippen molar-refractivity contribution >= 4 is 49.2 Å². The van der Waals surface area contributed by atoms with Crippen LogP contribution in [-0.2, 0) is 0 Å². The number of pyridine rings is 1. The van der Waals surface area contributed by atoms with Crippen LogP contribution in [-0.4, -0.2) is 4.98 Å². The fourth-order valence-corrected chi connectivity index (χ4v) is 6.33. The Hall–Kier alpha value is -5.47. The molecule has 2 N–H and O–H groups in total. The quantitative estimate of drug-likeness (QED) is 0.136. The molecule has 0 radical (unpaired) electrons. The molecule has 0 amide bonds. The summed E-state index contributed by atoms with van der Waals surface area (Å²) in [5, 5.41) is 7.30. The Balaban J connectivity index is 1.62. The molecule has 0 fully saturated rings. The Bertz CT molecular complexity index is 2090. The van der Waals surface area contributed by atoms with Crippen LogP contribution in [0.15, 0.2) is 152 Å². The molecule has 6 rings (SSSR count). The van der Waals surface area contributed by atoms with Crippen LogP contribution in [0.1, 0.15) is 43.5 Å². The first-order valence-electron chi connectivity index (χ1n) is 15.7. The monoisotopic (exact) mass is 582 g/mol. The molecule has 2 heteroatoms. The third-order valence-corrected chi connectivity index (χ3v) is 8.36. The maximum Gasteiger partial charge on any atom is 0.0859 e. The molecule has 5 aromatic carbocycles. The lowest BCUT2D eigenvalue weighted by Crippen LogP contribution is -1.99. The molecule has 45 heavy (non-hydrogen) atoms. The number of nitrogens with zero attached hydrogens (tertiary/aromatic N) is 1. The second-order valence-corrected chi connectivity index (χ2v) is 11.2. The van der Waals surface area contributed by atoms with Crippen molar-refractivity contribution in [3.05, 3.63) is 169 Å². The molecule has 0 bridgehead atoms. The zero-order valence-corrected chi connectivity index (χ0v) is 26.0. The van der Waals surface area contributed by atoms with Gasteiger partial charge >= 0.3 is 0 Å². The molecule has 0 atom stereocenters. The van der Waals surface area contributed by atoms with Crippen molar-refractivity contribution in [1.29, 1.82) is 0 Å². The molecule has 1 heterocycles. The topological polar surface area (TPSA) is 38.9 Å². The number of unbranched alkanes of at least 4 members (excludes halogenated alkanes) is 1. The molecule has 0 aliphatic heterocycles. The first kappa shape index (κ1) is 29.6. The predicted octanol–water partition coefficient (Wildman–Crippen LogP) is 11.5. The van der Waals surface area contributed by atoms with Gasteiger partial charge in [-0.15, -0.1) is 0 Å². The van der Waals surface area contributed by atoms with Gasteiger partial charge in [0.05, 0.1) is 11.4 Å². The molecule has 0 saturated carbocycles. The molecule has 0 unspecified atom stereocenters. The maximum atomic E-state index is 6.54. The Morgan fingerprint density at radius 3 is 2.02 bits per heavy atom. The van der Waals surface area contributed by atoms with E-state index < -0.39 is 0 Å². The van der Waals surface area contributed by atoms with Crippen LogP contribution in [0, 0.1) is 0 Å². The van der Waals surface area contributed by atoms with Crippen LogP contribution in [0.4, 0.5) is 0 Å². The smallest absolute Gasteiger partial charge is 0.0859 e. The third kappa shape index (κ3) is 5.75. The highest BCUT2D eigenvalue weighted by Gasteiger charge is 2.18.